The van der Waals surface area contributed by atoms with Crippen LogP contribution in [0.25, 0.3) is 11.3 Å². The maximum atomic E-state index is 4.25. The van der Waals surface area contributed by atoms with Gasteiger partial charge in [0.1, 0.15) is 0 Å². The third kappa shape index (κ3) is 2.52. The van der Waals surface area contributed by atoms with Crippen molar-refractivity contribution in [3.05, 3.63) is 54.7 Å². The number of rotatable bonds is 1. The molecule has 2 rings (SSSR count). The fourth-order valence-corrected chi connectivity index (χ4v) is 1.14. The van der Waals surface area contributed by atoms with E-state index in [4.69, 9.17) is 0 Å². The van der Waals surface area contributed by atoms with Gasteiger partial charge in [0.25, 0.3) is 0 Å². The second-order valence-corrected chi connectivity index (χ2v) is 2.58. The Balaban J connectivity index is 0.000000845. The monoisotopic (exact) mass is 262 g/mol. The van der Waals surface area contributed by atoms with E-state index in [2.05, 4.69) is 17.1 Å². The van der Waals surface area contributed by atoms with Crippen LogP contribution in [0.2, 0.25) is 0 Å². The summed E-state index contributed by atoms with van der Waals surface area (Å²) >= 11 is 0. The summed E-state index contributed by atoms with van der Waals surface area (Å²) in [6, 6.07) is 16.1. The van der Waals surface area contributed by atoms with E-state index in [-0.39, 0.29) is 22.4 Å². The van der Waals surface area contributed by atoms with E-state index in [1.807, 2.05) is 42.6 Å². The molecule has 1 aromatic heterocycles. The molecule has 0 spiro atoms. The Morgan fingerprint density at radius 2 is 1.46 bits per heavy atom. The van der Waals surface area contributed by atoms with E-state index in [1.54, 1.807) is 0 Å². The summed E-state index contributed by atoms with van der Waals surface area (Å²) in [5, 5.41) is 0. The zero-order chi connectivity index (χ0) is 8.23. The molecule has 1 radical (unpaired) electrons. The van der Waals surface area contributed by atoms with Gasteiger partial charge < -0.3 is 0 Å². The number of pyridine rings is 1. The maximum Gasteiger partial charge on any atom is 0.0701 e. The fraction of sp³-hybridized carbons (Fsp3) is 0. The Morgan fingerprint density at radius 3 is 2.08 bits per heavy atom. The van der Waals surface area contributed by atoms with Crippen molar-refractivity contribution >= 4 is 0 Å². The molecular formula is C11H9AgN. The van der Waals surface area contributed by atoms with E-state index in [9.17, 15) is 0 Å². The molecule has 1 nitrogen and oxygen atoms in total. The average Bonchev–Trinajstić information content (AvgIpc) is 2.21. The summed E-state index contributed by atoms with van der Waals surface area (Å²) < 4.78 is 0. The standard InChI is InChI=1S/C11H9N.Ag/c1-2-6-10(7-3-1)11-8-4-5-9-12-11;/h1-9H;. The van der Waals surface area contributed by atoms with Crippen LogP contribution in [-0.4, -0.2) is 4.98 Å². The van der Waals surface area contributed by atoms with Gasteiger partial charge in [0.15, 0.2) is 0 Å². The van der Waals surface area contributed by atoms with Gasteiger partial charge in [-0.15, -0.1) is 0 Å². The van der Waals surface area contributed by atoms with Gasteiger partial charge in [-0.1, -0.05) is 36.4 Å². The van der Waals surface area contributed by atoms with Crippen molar-refractivity contribution in [2.24, 2.45) is 0 Å². The summed E-state index contributed by atoms with van der Waals surface area (Å²) in [6.07, 6.45) is 1.81. The predicted octanol–water partition coefficient (Wildman–Crippen LogP) is 2.75. The van der Waals surface area contributed by atoms with Gasteiger partial charge in [-0.3, -0.25) is 4.98 Å². The molecule has 0 aliphatic rings. The van der Waals surface area contributed by atoms with Gasteiger partial charge in [-0.2, -0.15) is 0 Å². The van der Waals surface area contributed by atoms with E-state index < -0.39 is 0 Å². The van der Waals surface area contributed by atoms with E-state index in [1.165, 1.54) is 0 Å². The van der Waals surface area contributed by atoms with Crippen LogP contribution in [0.4, 0.5) is 0 Å². The summed E-state index contributed by atoms with van der Waals surface area (Å²) in [5.74, 6) is 0. The Bertz CT molecular complexity index is 307. The number of aromatic nitrogens is 1. The van der Waals surface area contributed by atoms with Gasteiger partial charge in [0.05, 0.1) is 5.69 Å². The molecule has 0 unspecified atom stereocenters. The summed E-state index contributed by atoms with van der Waals surface area (Å²) in [7, 11) is 0. The SMILES string of the molecule is [Ag].c1ccc(-c2ccccn2)cc1. The molecule has 0 aliphatic heterocycles. The Kier molecular flexibility index (Phi) is 3.90. The van der Waals surface area contributed by atoms with Crippen molar-refractivity contribution in [1.29, 1.82) is 0 Å². The first-order chi connectivity index (χ1) is 5.97. The molecule has 0 amide bonds. The molecule has 0 bridgehead atoms. The number of nitrogens with zero attached hydrogens (tertiary/aromatic N) is 1. The Labute approximate surface area is 93.3 Å². The second-order valence-electron chi connectivity index (χ2n) is 2.58. The molecule has 2 aromatic rings. The molecule has 0 fully saturated rings. The van der Waals surface area contributed by atoms with Crippen molar-refractivity contribution in [3.8, 4) is 11.3 Å². The van der Waals surface area contributed by atoms with E-state index in [0.717, 1.165) is 11.3 Å². The van der Waals surface area contributed by atoms with Crippen molar-refractivity contribution in [2.75, 3.05) is 0 Å². The molecule has 0 saturated carbocycles. The summed E-state index contributed by atoms with van der Waals surface area (Å²) in [5.41, 5.74) is 2.19. The first kappa shape index (κ1) is 10.2. The third-order valence-electron chi connectivity index (χ3n) is 1.73. The van der Waals surface area contributed by atoms with Crippen LogP contribution in [0.3, 0.4) is 0 Å². The normalized spacial score (nSPS) is 8.92. The molecule has 69 valence electrons. The van der Waals surface area contributed by atoms with Crippen molar-refractivity contribution in [2.45, 2.75) is 0 Å². The first-order valence-electron chi connectivity index (χ1n) is 3.93. The third-order valence-corrected chi connectivity index (χ3v) is 1.73. The molecule has 13 heavy (non-hydrogen) atoms. The Morgan fingerprint density at radius 1 is 0.769 bits per heavy atom. The minimum atomic E-state index is 0. The van der Waals surface area contributed by atoms with Crippen LogP contribution in [0.15, 0.2) is 54.7 Å². The van der Waals surface area contributed by atoms with Crippen molar-refractivity contribution < 1.29 is 22.4 Å². The van der Waals surface area contributed by atoms with Gasteiger partial charge in [0.2, 0.25) is 0 Å². The van der Waals surface area contributed by atoms with Crippen LogP contribution in [-0.2, 0) is 22.4 Å². The summed E-state index contributed by atoms with van der Waals surface area (Å²) in [6.45, 7) is 0. The summed E-state index contributed by atoms with van der Waals surface area (Å²) in [4.78, 5) is 4.25. The van der Waals surface area contributed by atoms with Gasteiger partial charge in [-0.05, 0) is 12.1 Å². The van der Waals surface area contributed by atoms with Crippen LogP contribution in [0.5, 0.6) is 0 Å². The van der Waals surface area contributed by atoms with Gasteiger partial charge in [0, 0.05) is 34.1 Å². The fourth-order valence-electron chi connectivity index (χ4n) is 1.14. The van der Waals surface area contributed by atoms with Crippen LogP contribution in [0, 0.1) is 0 Å². The Hall–Kier alpha value is -0.890. The van der Waals surface area contributed by atoms with Crippen molar-refractivity contribution in [1.82, 2.24) is 4.98 Å². The molecular weight excluding hydrogens is 254 g/mol. The average molecular weight is 263 g/mol. The molecule has 2 heteroatoms. The van der Waals surface area contributed by atoms with Crippen molar-refractivity contribution in [3.63, 3.8) is 0 Å². The van der Waals surface area contributed by atoms with Gasteiger partial charge in [-0.25, -0.2) is 0 Å². The molecule has 1 heterocycles. The van der Waals surface area contributed by atoms with Crippen LogP contribution in [0.1, 0.15) is 0 Å². The topological polar surface area (TPSA) is 12.9 Å². The molecule has 0 saturated heterocycles. The number of benzene rings is 1. The molecule has 1 aromatic carbocycles. The number of hydrogen-bond donors (Lipinski definition) is 0. The van der Waals surface area contributed by atoms with E-state index >= 15 is 0 Å². The quantitative estimate of drug-likeness (QED) is 0.721. The number of hydrogen-bond acceptors (Lipinski definition) is 1. The minimum absolute atomic E-state index is 0. The second kappa shape index (κ2) is 4.97. The molecule has 0 atom stereocenters. The zero-order valence-corrected chi connectivity index (χ0v) is 8.43. The van der Waals surface area contributed by atoms with Gasteiger partial charge >= 0.3 is 0 Å². The predicted molar refractivity (Wildman–Crippen MR) is 49.7 cm³/mol. The largest absolute Gasteiger partial charge is 0.256 e. The first-order valence-corrected chi connectivity index (χ1v) is 3.93. The zero-order valence-electron chi connectivity index (χ0n) is 6.94. The van der Waals surface area contributed by atoms with E-state index in [0.29, 0.717) is 0 Å². The maximum absolute atomic E-state index is 4.25. The van der Waals surface area contributed by atoms with Crippen LogP contribution >= 0.6 is 0 Å². The molecule has 0 N–H and O–H groups in total. The molecule has 0 aliphatic carbocycles. The van der Waals surface area contributed by atoms with Crippen LogP contribution < -0.4 is 0 Å². The minimum Gasteiger partial charge on any atom is -0.256 e. The smallest absolute Gasteiger partial charge is 0.0701 e.